The highest BCUT2D eigenvalue weighted by molar-refractivity contribution is 5.79. The van der Waals surface area contributed by atoms with Crippen molar-refractivity contribution in [2.45, 2.75) is 19.4 Å². The molecule has 2 aromatic heterocycles. The molecule has 3 heterocycles. The van der Waals surface area contributed by atoms with Crippen LogP contribution in [0.15, 0.2) is 77.6 Å². The molecule has 0 bridgehead atoms. The van der Waals surface area contributed by atoms with Crippen molar-refractivity contribution in [3.05, 3.63) is 94.8 Å². The van der Waals surface area contributed by atoms with Crippen molar-refractivity contribution in [2.75, 3.05) is 24.5 Å². The van der Waals surface area contributed by atoms with Gasteiger partial charge in [0, 0.05) is 36.8 Å². The molecule has 5 rings (SSSR count). The zero-order valence-electron chi connectivity index (χ0n) is 20.6. The fraction of sp³-hybridized carbons (Fsp3) is 0.250. The number of benzene rings is 2. The zero-order valence-corrected chi connectivity index (χ0v) is 20.6. The van der Waals surface area contributed by atoms with Gasteiger partial charge in [-0.3, -0.25) is 9.59 Å². The van der Waals surface area contributed by atoms with Crippen LogP contribution < -0.4 is 15.8 Å². The first-order valence-electron chi connectivity index (χ1n) is 12.4. The number of halogens is 2. The Bertz CT molecular complexity index is 1460. The quantitative estimate of drug-likeness (QED) is 0.403. The first-order chi connectivity index (χ1) is 18.5. The molecular weight excluding hydrogens is 490 g/mol. The van der Waals surface area contributed by atoms with E-state index in [0.29, 0.717) is 29.3 Å². The van der Waals surface area contributed by atoms with E-state index in [4.69, 9.17) is 0 Å². The lowest BCUT2D eigenvalue weighted by Crippen LogP contribution is -2.44. The Morgan fingerprint density at radius 3 is 2.18 bits per heavy atom. The summed E-state index contributed by atoms with van der Waals surface area (Å²) >= 11 is 0. The van der Waals surface area contributed by atoms with Gasteiger partial charge in [0.15, 0.2) is 5.82 Å². The number of hydrogen-bond acceptors (Lipinski definition) is 6. The maximum Gasteiger partial charge on any atom is 0.266 e. The lowest BCUT2D eigenvalue weighted by Gasteiger charge is -2.32. The van der Waals surface area contributed by atoms with E-state index in [0.717, 1.165) is 24.9 Å². The monoisotopic (exact) mass is 516 g/mol. The highest BCUT2D eigenvalue weighted by atomic mass is 19.1. The molecule has 1 N–H and O–H groups in total. The number of carbonyl (C=O) groups is 1. The van der Waals surface area contributed by atoms with Crippen LogP contribution in [0.1, 0.15) is 12.8 Å². The molecule has 1 amide bonds. The number of anilines is 1. The molecule has 0 spiro atoms. The molecular formula is C28H26F2N6O2. The van der Waals surface area contributed by atoms with E-state index in [1.165, 1.54) is 35.0 Å². The first kappa shape index (κ1) is 25.2. The minimum absolute atomic E-state index is 0.0895. The van der Waals surface area contributed by atoms with Gasteiger partial charge >= 0.3 is 0 Å². The molecule has 1 atom stereocenters. The number of rotatable bonds is 7. The second-order valence-electron chi connectivity index (χ2n) is 9.15. The van der Waals surface area contributed by atoms with E-state index in [2.05, 4.69) is 20.6 Å². The zero-order chi connectivity index (χ0) is 26.5. The number of aromatic nitrogens is 4. The second-order valence-corrected chi connectivity index (χ2v) is 9.15. The third-order valence-corrected chi connectivity index (χ3v) is 6.54. The van der Waals surface area contributed by atoms with Gasteiger partial charge in [0.25, 0.3) is 5.56 Å². The van der Waals surface area contributed by atoms with Crippen molar-refractivity contribution in [2.24, 2.45) is 5.92 Å². The van der Waals surface area contributed by atoms with Crippen LogP contribution >= 0.6 is 0 Å². The second kappa shape index (κ2) is 11.3. The summed E-state index contributed by atoms with van der Waals surface area (Å²) in [6, 6.07) is 18.7. The minimum Gasteiger partial charge on any atom is -0.354 e. The smallest absolute Gasteiger partial charge is 0.266 e. The fourth-order valence-electron chi connectivity index (χ4n) is 4.48. The largest absolute Gasteiger partial charge is 0.354 e. The summed E-state index contributed by atoms with van der Waals surface area (Å²) in [6.45, 7) is 1.74. The van der Waals surface area contributed by atoms with E-state index in [-0.39, 0.29) is 42.1 Å². The van der Waals surface area contributed by atoms with Crippen molar-refractivity contribution >= 4 is 11.7 Å². The van der Waals surface area contributed by atoms with Gasteiger partial charge in [0.05, 0.1) is 23.9 Å². The molecule has 38 heavy (non-hydrogen) atoms. The van der Waals surface area contributed by atoms with Crippen LogP contribution in [0.3, 0.4) is 0 Å². The summed E-state index contributed by atoms with van der Waals surface area (Å²) in [5.74, 6) is -0.287. The minimum atomic E-state index is -0.347. The van der Waals surface area contributed by atoms with Gasteiger partial charge < -0.3 is 10.2 Å². The molecule has 0 radical (unpaired) electrons. The summed E-state index contributed by atoms with van der Waals surface area (Å²) in [5, 5.41) is 15.9. The summed E-state index contributed by atoms with van der Waals surface area (Å²) in [6.07, 6.45) is 1.59. The maximum atomic E-state index is 13.2. The topological polar surface area (TPSA) is 93.0 Å². The number of piperidine rings is 1. The van der Waals surface area contributed by atoms with Crippen LogP contribution in [0.5, 0.6) is 0 Å². The number of amides is 1. The summed E-state index contributed by atoms with van der Waals surface area (Å²) in [5.41, 5.74) is 2.38. The Balaban J connectivity index is 1.17. The maximum absolute atomic E-state index is 13.2. The number of carbonyl (C=O) groups excluding carboxylic acids is 1. The van der Waals surface area contributed by atoms with E-state index in [1.807, 2.05) is 17.0 Å². The van der Waals surface area contributed by atoms with E-state index >= 15 is 0 Å². The molecule has 1 fully saturated rings. The lowest BCUT2D eigenvalue weighted by atomic mass is 9.97. The van der Waals surface area contributed by atoms with E-state index in [9.17, 15) is 18.4 Å². The first-order valence-corrected chi connectivity index (χ1v) is 12.4. The summed E-state index contributed by atoms with van der Waals surface area (Å²) in [7, 11) is 0. The molecule has 8 nitrogen and oxygen atoms in total. The Morgan fingerprint density at radius 1 is 0.868 bits per heavy atom. The van der Waals surface area contributed by atoms with Gasteiger partial charge in [-0.05, 0) is 79.6 Å². The Labute approximate surface area is 218 Å². The third-order valence-electron chi connectivity index (χ3n) is 6.54. The summed E-state index contributed by atoms with van der Waals surface area (Å²) < 4.78 is 27.7. The number of nitrogens with one attached hydrogen (secondary N) is 1. The molecule has 0 saturated carbocycles. The van der Waals surface area contributed by atoms with Gasteiger partial charge in [-0.25, -0.2) is 13.5 Å². The van der Waals surface area contributed by atoms with Crippen LogP contribution in [0, 0.1) is 17.6 Å². The predicted molar refractivity (Wildman–Crippen MR) is 139 cm³/mol. The van der Waals surface area contributed by atoms with Crippen LogP contribution in [-0.2, 0) is 11.3 Å². The fourth-order valence-corrected chi connectivity index (χ4v) is 4.48. The number of hydrogen-bond donors (Lipinski definition) is 1. The van der Waals surface area contributed by atoms with Crippen molar-refractivity contribution in [1.82, 2.24) is 25.3 Å². The molecule has 10 heteroatoms. The van der Waals surface area contributed by atoms with Crippen LogP contribution in [0.2, 0.25) is 0 Å². The highest BCUT2D eigenvalue weighted by Gasteiger charge is 2.26. The van der Waals surface area contributed by atoms with Crippen LogP contribution in [-0.4, -0.2) is 45.5 Å². The van der Waals surface area contributed by atoms with Gasteiger partial charge in [-0.2, -0.15) is 5.10 Å². The highest BCUT2D eigenvalue weighted by Crippen LogP contribution is 2.24. The van der Waals surface area contributed by atoms with Gasteiger partial charge in [-0.1, -0.05) is 0 Å². The molecule has 194 valence electrons. The number of nitrogens with zero attached hydrogens (tertiary/aromatic N) is 5. The van der Waals surface area contributed by atoms with Crippen molar-refractivity contribution in [3.63, 3.8) is 0 Å². The van der Waals surface area contributed by atoms with Gasteiger partial charge in [0.2, 0.25) is 5.91 Å². The average Bonchev–Trinajstić information content (AvgIpc) is 2.95. The molecule has 1 unspecified atom stereocenters. The average molecular weight is 517 g/mol. The van der Waals surface area contributed by atoms with Crippen molar-refractivity contribution in [3.8, 4) is 22.5 Å². The normalized spacial score (nSPS) is 15.3. The van der Waals surface area contributed by atoms with Crippen LogP contribution in [0.25, 0.3) is 22.5 Å². The molecule has 4 aromatic rings. The van der Waals surface area contributed by atoms with E-state index < -0.39 is 0 Å². The van der Waals surface area contributed by atoms with Crippen LogP contribution in [0.4, 0.5) is 14.6 Å². The molecule has 1 aliphatic heterocycles. The Morgan fingerprint density at radius 2 is 1.53 bits per heavy atom. The predicted octanol–water partition coefficient (Wildman–Crippen LogP) is 3.68. The molecule has 2 aromatic carbocycles. The Kier molecular flexibility index (Phi) is 7.48. The Hall–Kier alpha value is -4.47. The van der Waals surface area contributed by atoms with E-state index in [1.54, 1.807) is 30.3 Å². The molecule has 1 saturated heterocycles. The third kappa shape index (κ3) is 5.91. The van der Waals surface area contributed by atoms with Crippen molar-refractivity contribution < 1.29 is 13.6 Å². The lowest BCUT2D eigenvalue weighted by molar-refractivity contribution is -0.125. The molecule has 1 aliphatic rings. The van der Waals surface area contributed by atoms with Crippen molar-refractivity contribution in [1.29, 1.82) is 0 Å². The standard InChI is InChI=1S/C28H26F2N6O2/c29-22-7-3-19(4-8-22)24-11-13-26(33-32-24)35-16-1-2-21(18-35)28(38)31-15-17-36-27(37)14-12-25(34-36)20-5-9-23(30)10-6-20/h3-14,21H,1-2,15-18H2,(H,31,38). The van der Waals surface area contributed by atoms with Gasteiger partial charge in [-0.15, -0.1) is 10.2 Å². The summed E-state index contributed by atoms with van der Waals surface area (Å²) in [4.78, 5) is 27.2. The van der Waals surface area contributed by atoms with Gasteiger partial charge in [0.1, 0.15) is 11.6 Å². The molecule has 0 aliphatic carbocycles. The SMILES string of the molecule is O=C(NCCn1nc(-c2ccc(F)cc2)ccc1=O)C1CCCN(c2ccc(-c3ccc(F)cc3)nn2)C1.